The van der Waals surface area contributed by atoms with E-state index in [9.17, 15) is 4.79 Å². The van der Waals surface area contributed by atoms with E-state index in [0.29, 0.717) is 0 Å². The fraction of sp³-hybridized carbons (Fsp3) is 0.235. The van der Waals surface area contributed by atoms with E-state index in [4.69, 9.17) is 4.74 Å². The summed E-state index contributed by atoms with van der Waals surface area (Å²) in [4.78, 5) is 13.0. The fourth-order valence-corrected chi connectivity index (χ4v) is 2.70. The molecule has 22 heavy (non-hydrogen) atoms. The van der Waals surface area contributed by atoms with E-state index in [1.54, 1.807) is 7.11 Å². The lowest BCUT2D eigenvalue weighted by Gasteiger charge is -2.12. The highest BCUT2D eigenvalue weighted by atomic mass is 32.2. The van der Waals surface area contributed by atoms with Gasteiger partial charge in [-0.15, -0.1) is 0 Å². The van der Waals surface area contributed by atoms with Crippen LogP contribution >= 0.6 is 11.9 Å². The van der Waals surface area contributed by atoms with Gasteiger partial charge in [-0.3, -0.25) is 4.79 Å². The summed E-state index contributed by atoms with van der Waals surface area (Å²) < 4.78 is 8.44. The highest BCUT2D eigenvalue weighted by molar-refractivity contribution is 8.00. The van der Waals surface area contributed by atoms with Crippen LogP contribution in [0.4, 0.5) is 11.4 Å². The predicted molar refractivity (Wildman–Crippen MR) is 90.3 cm³/mol. The van der Waals surface area contributed by atoms with E-state index in [1.807, 2.05) is 48.5 Å². The monoisotopic (exact) mass is 314 g/mol. The van der Waals surface area contributed by atoms with Crippen molar-refractivity contribution in [2.75, 3.05) is 17.1 Å². The molecule has 1 aliphatic rings. The van der Waals surface area contributed by atoms with E-state index in [2.05, 4.69) is 10.0 Å². The molecule has 1 fully saturated rings. The number of benzene rings is 2. The first kappa shape index (κ1) is 14.8. The zero-order valence-electron chi connectivity index (χ0n) is 12.3. The van der Waals surface area contributed by atoms with Gasteiger partial charge >= 0.3 is 0 Å². The lowest BCUT2D eigenvalue weighted by atomic mass is 10.2. The number of carbonyl (C=O) groups is 1. The van der Waals surface area contributed by atoms with Crippen LogP contribution in [0.3, 0.4) is 0 Å². The number of nitrogens with one attached hydrogen (secondary N) is 2. The van der Waals surface area contributed by atoms with Gasteiger partial charge in [-0.1, -0.05) is 12.1 Å². The van der Waals surface area contributed by atoms with Gasteiger partial charge in [0, 0.05) is 10.8 Å². The molecule has 0 spiro atoms. The number of methoxy groups -OCH3 is 1. The first-order valence-corrected chi connectivity index (χ1v) is 8.05. The van der Waals surface area contributed by atoms with Gasteiger partial charge in [0.2, 0.25) is 5.91 Å². The molecule has 1 aliphatic carbocycles. The van der Waals surface area contributed by atoms with E-state index < -0.39 is 0 Å². The number of para-hydroxylation sites is 2. The molecule has 1 amide bonds. The average molecular weight is 314 g/mol. The molecule has 2 aromatic carbocycles. The Morgan fingerprint density at radius 3 is 2.41 bits per heavy atom. The van der Waals surface area contributed by atoms with Crippen molar-refractivity contribution in [2.45, 2.75) is 17.7 Å². The van der Waals surface area contributed by atoms with Gasteiger partial charge in [0.1, 0.15) is 5.75 Å². The fourth-order valence-electron chi connectivity index (χ4n) is 2.02. The number of anilines is 2. The Morgan fingerprint density at radius 1 is 1.09 bits per heavy atom. The smallest absolute Gasteiger partial charge is 0.227 e. The Hall–Kier alpha value is -2.14. The molecule has 0 saturated heterocycles. The highest BCUT2D eigenvalue weighted by Gasteiger charge is 2.29. The molecule has 5 heteroatoms. The minimum absolute atomic E-state index is 0.115. The molecule has 3 rings (SSSR count). The molecule has 0 heterocycles. The van der Waals surface area contributed by atoms with Crippen LogP contribution in [0.25, 0.3) is 0 Å². The van der Waals surface area contributed by atoms with Crippen LogP contribution in [0.2, 0.25) is 0 Å². The number of amides is 1. The van der Waals surface area contributed by atoms with Gasteiger partial charge in [-0.2, -0.15) is 0 Å². The van der Waals surface area contributed by atoms with Crippen molar-refractivity contribution >= 4 is 29.2 Å². The van der Waals surface area contributed by atoms with Crippen molar-refractivity contribution < 1.29 is 9.53 Å². The molecular formula is C17H18N2O2S. The van der Waals surface area contributed by atoms with Crippen molar-refractivity contribution in [3.05, 3.63) is 48.5 Å². The van der Waals surface area contributed by atoms with E-state index in [0.717, 1.165) is 34.9 Å². The van der Waals surface area contributed by atoms with Crippen LogP contribution in [0.1, 0.15) is 12.8 Å². The molecule has 0 radical (unpaired) electrons. The molecule has 0 unspecified atom stereocenters. The zero-order chi connectivity index (χ0) is 15.4. The van der Waals surface area contributed by atoms with Crippen LogP contribution in [0, 0.1) is 5.92 Å². The summed E-state index contributed by atoms with van der Waals surface area (Å²) in [6.07, 6.45) is 2.00. The Bertz CT molecular complexity index is 654. The first-order chi connectivity index (χ1) is 10.8. The van der Waals surface area contributed by atoms with Crippen molar-refractivity contribution in [2.24, 2.45) is 5.92 Å². The van der Waals surface area contributed by atoms with Crippen LogP contribution in [-0.2, 0) is 4.79 Å². The van der Waals surface area contributed by atoms with Gasteiger partial charge in [0.05, 0.1) is 18.5 Å². The summed E-state index contributed by atoms with van der Waals surface area (Å²) in [5.74, 6) is 1.15. The summed E-state index contributed by atoms with van der Waals surface area (Å²) in [5.41, 5.74) is 1.72. The number of ether oxygens (including phenoxy) is 1. The van der Waals surface area contributed by atoms with Crippen LogP contribution < -0.4 is 14.8 Å². The standard InChI is InChI=1S/C17H18N2O2S/c1-21-13-8-10-14(11-9-13)22-19-16-5-3-2-4-15(16)18-17(20)12-6-7-12/h2-5,8-12,19H,6-7H2,1H3,(H,18,20). The molecule has 114 valence electrons. The number of carbonyl (C=O) groups excluding carboxylic acids is 1. The Morgan fingerprint density at radius 2 is 1.77 bits per heavy atom. The maximum atomic E-state index is 11.9. The van der Waals surface area contributed by atoms with Crippen LogP contribution in [0.5, 0.6) is 5.75 Å². The van der Waals surface area contributed by atoms with Crippen molar-refractivity contribution in [3.63, 3.8) is 0 Å². The minimum Gasteiger partial charge on any atom is -0.497 e. The zero-order valence-corrected chi connectivity index (χ0v) is 13.2. The van der Waals surface area contributed by atoms with Crippen molar-refractivity contribution in [1.82, 2.24) is 0 Å². The van der Waals surface area contributed by atoms with E-state index in [1.165, 1.54) is 11.9 Å². The molecule has 0 bridgehead atoms. The van der Waals surface area contributed by atoms with E-state index in [-0.39, 0.29) is 11.8 Å². The second-order valence-corrected chi connectivity index (χ2v) is 6.07. The lowest BCUT2D eigenvalue weighted by Crippen LogP contribution is -2.14. The van der Waals surface area contributed by atoms with Crippen LogP contribution in [-0.4, -0.2) is 13.0 Å². The third kappa shape index (κ3) is 3.74. The Labute approximate surface area is 134 Å². The Balaban J connectivity index is 1.64. The third-order valence-electron chi connectivity index (χ3n) is 3.47. The maximum Gasteiger partial charge on any atom is 0.227 e. The second kappa shape index (κ2) is 6.75. The Kier molecular flexibility index (Phi) is 4.53. The van der Waals surface area contributed by atoms with Gasteiger partial charge in [-0.25, -0.2) is 0 Å². The number of hydrogen-bond acceptors (Lipinski definition) is 4. The maximum absolute atomic E-state index is 11.9. The summed E-state index contributed by atoms with van der Waals surface area (Å²) in [6, 6.07) is 15.6. The highest BCUT2D eigenvalue weighted by Crippen LogP contribution is 2.33. The van der Waals surface area contributed by atoms with Crippen molar-refractivity contribution in [1.29, 1.82) is 0 Å². The molecular weight excluding hydrogens is 296 g/mol. The molecule has 0 aromatic heterocycles. The van der Waals surface area contributed by atoms with Crippen molar-refractivity contribution in [3.8, 4) is 5.75 Å². The topological polar surface area (TPSA) is 50.4 Å². The molecule has 1 saturated carbocycles. The minimum atomic E-state index is 0.115. The molecule has 0 aliphatic heterocycles. The number of hydrogen-bond donors (Lipinski definition) is 2. The van der Waals surface area contributed by atoms with Gasteiger partial charge < -0.3 is 14.8 Å². The average Bonchev–Trinajstić information content (AvgIpc) is 3.39. The summed E-state index contributed by atoms with van der Waals surface area (Å²) in [6.45, 7) is 0. The third-order valence-corrected chi connectivity index (χ3v) is 4.30. The normalized spacial score (nSPS) is 13.5. The summed E-state index contributed by atoms with van der Waals surface area (Å²) in [5, 5.41) is 2.99. The quantitative estimate of drug-likeness (QED) is 0.786. The SMILES string of the molecule is COc1ccc(SNc2ccccc2NC(=O)C2CC2)cc1. The summed E-state index contributed by atoms with van der Waals surface area (Å²) >= 11 is 1.50. The predicted octanol–water partition coefficient (Wildman–Crippen LogP) is 4.16. The molecule has 4 nitrogen and oxygen atoms in total. The molecule has 0 atom stereocenters. The van der Waals surface area contributed by atoms with Crippen LogP contribution in [0.15, 0.2) is 53.4 Å². The molecule has 2 N–H and O–H groups in total. The van der Waals surface area contributed by atoms with Gasteiger partial charge in [-0.05, 0) is 61.2 Å². The lowest BCUT2D eigenvalue weighted by molar-refractivity contribution is -0.117. The van der Waals surface area contributed by atoms with Gasteiger partial charge in [0.25, 0.3) is 0 Å². The largest absolute Gasteiger partial charge is 0.497 e. The second-order valence-electron chi connectivity index (χ2n) is 5.19. The molecule has 2 aromatic rings. The van der Waals surface area contributed by atoms with Gasteiger partial charge in [0.15, 0.2) is 0 Å². The summed E-state index contributed by atoms with van der Waals surface area (Å²) in [7, 11) is 1.65. The van der Waals surface area contributed by atoms with E-state index >= 15 is 0 Å². The first-order valence-electron chi connectivity index (χ1n) is 7.23. The number of rotatable bonds is 6.